The average Bonchev–Trinajstić information content (AvgIpc) is 3.05. The van der Waals surface area contributed by atoms with Crippen LogP contribution >= 0.6 is 11.3 Å². The van der Waals surface area contributed by atoms with Gasteiger partial charge < -0.3 is 15.4 Å². The lowest BCUT2D eigenvalue weighted by molar-refractivity contribution is -0.153. The summed E-state index contributed by atoms with van der Waals surface area (Å²) in [6, 6.07) is 11.3. The lowest BCUT2D eigenvalue weighted by Crippen LogP contribution is -2.33. The van der Waals surface area contributed by atoms with Gasteiger partial charge in [-0.3, -0.25) is 9.59 Å². The fourth-order valence-electron chi connectivity index (χ4n) is 2.46. The predicted octanol–water partition coefficient (Wildman–Crippen LogP) is 3.91. The molecule has 0 saturated carbocycles. The Morgan fingerprint density at radius 2 is 1.93 bits per heavy atom. The van der Waals surface area contributed by atoms with Crippen LogP contribution in [0.2, 0.25) is 0 Å². The number of benzene rings is 2. The molecule has 6 nitrogen and oxygen atoms in total. The summed E-state index contributed by atoms with van der Waals surface area (Å²) < 4.78 is 42.0. The Labute approximate surface area is 167 Å². The van der Waals surface area contributed by atoms with Gasteiger partial charge in [0.25, 0.3) is 5.91 Å². The molecule has 1 aromatic heterocycles. The van der Waals surface area contributed by atoms with E-state index in [4.69, 9.17) is 4.74 Å². The zero-order valence-corrected chi connectivity index (χ0v) is 16.0. The van der Waals surface area contributed by atoms with E-state index in [9.17, 15) is 22.8 Å². The van der Waals surface area contributed by atoms with Crippen LogP contribution in [-0.2, 0) is 4.79 Å². The summed E-state index contributed by atoms with van der Waals surface area (Å²) >= 11 is 1.09. The van der Waals surface area contributed by atoms with E-state index < -0.39 is 18.7 Å². The Kier molecular flexibility index (Phi) is 6.02. The summed E-state index contributed by atoms with van der Waals surface area (Å²) in [6.07, 6.45) is -4.43. The molecular formula is C19H16F3N3O3S. The van der Waals surface area contributed by atoms with E-state index >= 15 is 0 Å². The van der Waals surface area contributed by atoms with E-state index in [0.29, 0.717) is 15.8 Å². The minimum atomic E-state index is -4.43. The quantitative estimate of drug-likeness (QED) is 0.630. The summed E-state index contributed by atoms with van der Waals surface area (Å²) in [5.41, 5.74) is 1.78. The van der Waals surface area contributed by atoms with Crippen LogP contribution < -0.4 is 15.4 Å². The van der Waals surface area contributed by atoms with E-state index in [2.05, 4.69) is 15.6 Å². The third-order valence-corrected chi connectivity index (χ3v) is 4.74. The van der Waals surface area contributed by atoms with Crippen molar-refractivity contribution in [3.63, 3.8) is 0 Å². The summed E-state index contributed by atoms with van der Waals surface area (Å²) in [4.78, 5) is 28.4. The van der Waals surface area contributed by atoms with Crippen molar-refractivity contribution in [1.29, 1.82) is 0 Å². The molecule has 0 spiro atoms. The molecule has 152 valence electrons. The van der Waals surface area contributed by atoms with Crippen molar-refractivity contribution in [2.45, 2.75) is 13.1 Å². The van der Waals surface area contributed by atoms with E-state index in [0.717, 1.165) is 16.9 Å². The van der Waals surface area contributed by atoms with Crippen LogP contribution in [0, 0.1) is 6.92 Å². The fourth-order valence-corrected chi connectivity index (χ4v) is 3.37. The second-order valence-corrected chi connectivity index (χ2v) is 7.13. The number of hydrogen-bond acceptors (Lipinski definition) is 5. The lowest BCUT2D eigenvalue weighted by Gasteiger charge is -2.08. The van der Waals surface area contributed by atoms with Gasteiger partial charge in [-0.15, -0.1) is 0 Å². The number of ether oxygens (including phenoxy) is 1. The number of carbonyl (C=O) groups excluding carboxylic acids is 2. The first-order valence-corrected chi connectivity index (χ1v) is 9.27. The van der Waals surface area contributed by atoms with Crippen molar-refractivity contribution in [2.24, 2.45) is 0 Å². The number of aryl methyl sites for hydroxylation is 1. The average molecular weight is 423 g/mol. The van der Waals surface area contributed by atoms with Gasteiger partial charge in [0.1, 0.15) is 5.75 Å². The molecule has 2 N–H and O–H groups in total. The monoisotopic (exact) mass is 423 g/mol. The maximum Gasteiger partial charge on any atom is 0.422 e. The highest BCUT2D eigenvalue weighted by Gasteiger charge is 2.28. The Morgan fingerprint density at radius 1 is 1.17 bits per heavy atom. The molecule has 29 heavy (non-hydrogen) atoms. The molecule has 0 aliphatic rings. The molecule has 0 unspecified atom stereocenters. The molecule has 0 saturated heterocycles. The van der Waals surface area contributed by atoms with Crippen LogP contribution in [0.3, 0.4) is 0 Å². The fraction of sp³-hybridized carbons (Fsp3) is 0.211. The SMILES string of the molecule is Cc1ccccc1C(=O)NCC(=O)Nc1nc2ccc(OCC(F)(F)F)cc2s1. The Bertz CT molecular complexity index is 1050. The number of aromatic nitrogens is 1. The minimum absolute atomic E-state index is 0.0573. The zero-order chi connectivity index (χ0) is 21.0. The summed E-state index contributed by atoms with van der Waals surface area (Å²) in [5, 5.41) is 5.36. The van der Waals surface area contributed by atoms with Crippen molar-refractivity contribution in [3.05, 3.63) is 53.6 Å². The maximum atomic E-state index is 12.3. The molecule has 2 aromatic carbocycles. The highest BCUT2D eigenvalue weighted by molar-refractivity contribution is 7.22. The number of anilines is 1. The first kappa shape index (κ1) is 20.6. The number of fused-ring (bicyclic) bond motifs is 1. The highest BCUT2D eigenvalue weighted by Crippen LogP contribution is 2.30. The van der Waals surface area contributed by atoms with E-state index in [-0.39, 0.29) is 23.3 Å². The molecule has 10 heteroatoms. The van der Waals surface area contributed by atoms with Gasteiger partial charge in [0.2, 0.25) is 5.91 Å². The summed E-state index contributed by atoms with van der Waals surface area (Å²) in [6.45, 7) is 0.160. The number of alkyl halides is 3. The van der Waals surface area contributed by atoms with E-state index in [1.165, 1.54) is 18.2 Å². The van der Waals surface area contributed by atoms with Gasteiger partial charge in [-0.1, -0.05) is 29.5 Å². The van der Waals surface area contributed by atoms with Gasteiger partial charge in [-0.2, -0.15) is 13.2 Å². The number of hydrogen-bond donors (Lipinski definition) is 2. The smallest absolute Gasteiger partial charge is 0.422 e. The van der Waals surface area contributed by atoms with Gasteiger partial charge in [0.05, 0.1) is 16.8 Å². The second-order valence-electron chi connectivity index (χ2n) is 6.10. The molecule has 0 bridgehead atoms. The van der Waals surface area contributed by atoms with Crippen molar-refractivity contribution < 1.29 is 27.5 Å². The van der Waals surface area contributed by atoms with E-state index in [1.807, 2.05) is 6.07 Å². The first-order valence-electron chi connectivity index (χ1n) is 8.45. The lowest BCUT2D eigenvalue weighted by atomic mass is 10.1. The third-order valence-electron chi connectivity index (χ3n) is 3.81. The molecule has 0 radical (unpaired) electrons. The molecule has 0 atom stereocenters. The molecule has 0 aliphatic heterocycles. The number of thiazole rings is 1. The third kappa shape index (κ3) is 5.67. The van der Waals surface area contributed by atoms with Gasteiger partial charge in [-0.25, -0.2) is 4.98 Å². The van der Waals surface area contributed by atoms with Gasteiger partial charge in [0, 0.05) is 5.56 Å². The van der Waals surface area contributed by atoms with Gasteiger partial charge >= 0.3 is 6.18 Å². The van der Waals surface area contributed by atoms with Crippen molar-refractivity contribution >= 4 is 38.5 Å². The molecule has 3 aromatic rings. The number of nitrogens with zero attached hydrogens (tertiary/aromatic N) is 1. The van der Waals surface area contributed by atoms with Gasteiger partial charge in [-0.05, 0) is 36.8 Å². The van der Waals surface area contributed by atoms with Crippen molar-refractivity contribution in [1.82, 2.24) is 10.3 Å². The Balaban J connectivity index is 1.58. The second kappa shape index (κ2) is 8.48. The Hall–Kier alpha value is -3.14. The standard InChI is InChI=1S/C19H16F3N3O3S/c1-11-4-2-3-5-13(11)17(27)23-9-16(26)25-18-24-14-7-6-12(8-15(14)29-18)28-10-19(20,21)22/h2-8H,9-10H2,1H3,(H,23,27)(H,24,25,26). The summed E-state index contributed by atoms with van der Waals surface area (Å²) in [7, 11) is 0. The molecule has 1 heterocycles. The summed E-state index contributed by atoms with van der Waals surface area (Å²) in [5.74, 6) is -0.782. The van der Waals surface area contributed by atoms with Crippen LogP contribution in [0.15, 0.2) is 42.5 Å². The minimum Gasteiger partial charge on any atom is -0.484 e. The topological polar surface area (TPSA) is 80.3 Å². The largest absolute Gasteiger partial charge is 0.484 e. The van der Waals surface area contributed by atoms with Gasteiger partial charge in [0.15, 0.2) is 11.7 Å². The Morgan fingerprint density at radius 3 is 2.66 bits per heavy atom. The van der Waals surface area contributed by atoms with Crippen LogP contribution in [0.5, 0.6) is 5.75 Å². The normalized spacial score (nSPS) is 11.3. The predicted molar refractivity (Wildman–Crippen MR) is 103 cm³/mol. The van der Waals surface area contributed by atoms with Crippen LogP contribution in [-0.4, -0.2) is 36.1 Å². The molecule has 0 fully saturated rings. The van der Waals surface area contributed by atoms with Crippen LogP contribution in [0.4, 0.5) is 18.3 Å². The first-order chi connectivity index (χ1) is 13.7. The van der Waals surface area contributed by atoms with Crippen LogP contribution in [0.25, 0.3) is 10.2 Å². The number of halogens is 3. The highest BCUT2D eigenvalue weighted by atomic mass is 32.1. The van der Waals surface area contributed by atoms with Crippen LogP contribution in [0.1, 0.15) is 15.9 Å². The molecule has 3 rings (SSSR count). The number of amides is 2. The maximum absolute atomic E-state index is 12.3. The van der Waals surface area contributed by atoms with Crippen molar-refractivity contribution in [2.75, 3.05) is 18.5 Å². The molecular weight excluding hydrogens is 407 g/mol. The number of nitrogens with one attached hydrogen (secondary N) is 2. The molecule has 0 aliphatic carbocycles. The molecule has 2 amide bonds. The number of carbonyl (C=O) groups is 2. The van der Waals surface area contributed by atoms with Crippen molar-refractivity contribution in [3.8, 4) is 5.75 Å². The zero-order valence-electron chi connectivity index (χ0n) is 15.2. The number of rotatable bonds is 6. The van der Waals surface area contributed by atoms with E-state index in [1.54, 1.807) is 25.1 Å².